The van der Waals surface area contributed by atoms with Gasteiger partial charge in [-0.05, 0) is 62.6 Å². The molecule has 2 aromatic rings. The number of hydrogen-bond donors (Lipinski definition) is 1. The average Bonchev–Trinajstić information content (AvgIpc) is 2.64. The van der Waals surface area contributed by atoms with Gasteiger partial charge < -0.3 is 5.32 Å². The Morgan fingerprint density at radius 1 is 1.15 bits per heavy atom. The Hall–Kier alpha value is -1.89. The molecule has 0 aromatic heterocycles. The molecule has 0 bridgehead atoms. The van der Waals surface area contributed by atoms with E-state index in [0.29, 0.717) is 30.1 Å². The summed E-state index contributed by atoms with van der Waals surface area (Å²) in [5.41, 5.74) is 2.57. The van der Waals surface area contributed by atoms with E-state index in [1.807, 2.05) is 13.8 Å². The van der Waals surface area contributed by atoms with Crippen LogP contribution in [-0.4, -0.2) is 31.7 Å². The van der Waals surface area contributed by atoms with E-state index in [-0.39, 0.29) is 23.3 Å². The van der Waals surface area contributed by atoms with E-state index in [1.165, 1.54) is 4.31 Å². The normalized spacial score (nSPS) is 18.3. The minimum absolute atomic E-state index is 0.163. The van der Waals surface area contributed by atoms with Gasteiger partial charge in [-0.3, -0.25) is 4.79 Å². The molecule has 0 spiro atoms. The van der Waals surface area contributed by atoms with Crippen molar-refractivity contribution in [2.75, 3.05) is 18.4 Å². The molecule has 5 nitrogen and oxygen atoms in total. The van der Waals surface area contributed by atoms with E-state index in [1.54, 1.807) is 42.5 Å². The third-order valence-corrected chi connectivity index (χ3v) is 6.97. The predicted octanol–water partition coefficient (Wildman–Crippen LogP) is 4.00. The third-order valence-electron chi connectivity index (χ3n) is 4.86. The first-order chi connectivity index (χ1) is 12.8. The number of nitrogens with one attached hydrogen (secondary N) is 1. The first-order valence-corrected chi connectivity index (χ1v) is 10.7. The second-order valence-electron chi connectivity index (χ2n) is 6.96. The monoisotopic (exact) mass is 406 g/mol. The Bertz CT molecular complexity index is 942. The molecule has 3 rings (SSSR count). The molecule has 0 radical (unpaired) electrons. The van der Waals surface area contributed by atoms with Gasteiger partial charge in [0.1, 0.15) is 0 Å². The number of anilines is 1. The van der Waals surface area contributed by atoms with Gasteiger partial charge in [0.15, 0.2) is 0 Å². The minimum atomic E-state index is -3.60. The topological polar surface area (TPSA) is 66.5 Å². The molecule has 7 heteroatoms. The first-order valence-electron chi connectivity index (χ1n) is 8.91. The van der Waals surface area contributed by atoms with Crippen molar-refractivity contribution in [3.63, 3.8) is 0 Å². The van der Waals surface area contributed by atoms with E-state index < -0.39 is 10.0 Å². The van der Waals surface area contributed by atoms with E-state index in [9.17, 15) is 13.2 Å². The number of sulfonamides is 1. The molecule has 1 amide bonds. The summed E-state index contributed by atoms with van der Waals surface area (Å²) in [6.45, 7) is 4.40. The number of halogens is 1. The van der Waals surface area contributed by atoms with Gasteiger partial charge in [0.05, 0.1) is 10.8 Å². The molecule has 1 N–H and O–H groups in total. The second kappa shape index (κ2) is 8.00. The maximum Gasteiger partial charge on any atom is 0.243 e. The Balaban J connectivity index is 1.73. The van der Waals surface area contributed by atoms with E-state index in [0.717, 1.165) is 11.1 Å². The van der Waals surface area contributed by atoms with Crippen molar-refractivity contribution in [1.29, 1.82) is 0 Å². The Morgan fingerprint density at radius 3 is 2.52 bits per heavy atom. The molecule has 0 saturated carbocycles. The molecule has 1 atom stereocenters. The molecule has 1 heterocycles. The molecule has 1 saturated heterocycles. The minimum Gasteiger partial charge on any atom is -0.326 e. The van der Waals surface area contributed by atoms with E-state index in [2.05, 4.69) is 5.32 Å². The quantitative estimate of drug-likeness (QED) is 0.834. The maximum absolute atomic E-state index is 12.9. The van der Waals surface area contributed by atoms with Crippen LogP contribution in [0.2, 0.25) is 5.02 Å². The molecular formula is C20H23ClN2O3S. The predicted molar refractivity (Wildman–Crippen MR) is 107 cm³/mol. The van der Waals surface area contributed by atoms with Crippen LogP contribution < -0.4 is 5.32 Å². The van der Waals surface area contributed by atoms with Crippen molar-refractivity contribution >= 4 is 33.2 Å². The largest absolute Gasteiger partial charge is 0.326 e. The number of carbonyl (C=O) groups is 1. The maximum atomic E-state index is 12.9. The average molecular weight is 407 g/mol. The highest BCUT2D eigenvalue weighted by Crippen LogP contribution is 2.26. The highest BCUT2D eigenvalue weighted by molar-refractivity contribution is 7.89. The van der Waals surface area contributed by atoms with Gasteiger partial charge in [0.2, 0.25) is 15.9 Å². The summed E-state index contributed by atoms with van der Waals surface area (Å²) in [6.07, 6.45) is 1.32. The Morgan fingerprint density at radius 2 is 1.85 bits per heavy atom. The second-order valence-corrected chi connectivity index (χ2v) is 9.34. The number of nitrogens with zero attached hydrogens (tertiary/aromatic N) is 1. The molecule has 27 heavy (non-hydrogen) atoms. The molecule has 0 unspecified atom stereocenters. The van der Waals surface area contributed by atoms with Crippen molar-refractivity contribution < 1.29 is 13.2 Å². The van der Waals surface area contributed by atoms with Crippen molar-refractivity contribution in [3.8, 4) is 0 Å². The number of hydrogen-bond acceptors (Lipinski definition) is 3. The highest BCUT2D eigenvalue weighted by Gasteiger charge is 2.33. The van der Waals surface area contributed by atoms with Crippen molar-refractivity contribution in [2.24, 2.45) is 5.92 Å². The number of benzene rings is 2. The van der Waals surface area contributed by atoms with Gasteiger partial charge in [-0.15, -0.1) is 0 Å². The van der Waals surface area contributed by atoms with Gasteiger partial charge >= 0.3 is 0 Å². The van der Waals surface area contributed by atoms with Crippen LogP contribution in [0.5, 0.6) is 0 Å². The molecule has 1 aliphatic heterocycles. The van der Waals surface area contributed by atoms with Gasteiger partial charge in [0.25, 0.3) is 0 Å². The van der Waals surface area contributed by atoms with Crippen LogP contribution in [0.15, 0.2) is 47.4 Å². The highest BCUT2D eigenvalue weighted by atomic mass is 35.5. The molecule has 1 aliphatic rings. The fourth-order valence-corrected chi connectivity index (χ4v) is 4.99. The van der Waals surface area contributed by atoms with Crippen LogP contribution in [-0.2, 0) is 14.8 Å². The summed E-state index contributed by atoms with van der Waals surface area (Å²) >= 11 is 5.95. The lowest BCUT2D eigenvalue weighted by Crippen LogP contribution is -2.43. The molecule has 0 aliphatic carbocycles. The zero-order valence-corrected chi connectivity index (χ0v) is 17.0. The molecule has 144 valence electrons. The number of carbonyl (C=O) groups excluding carboxylic acids is 1. The van der Waals surface area contributed by atoms with Crippen LogP contribution in [0, 0.1) is 19.8 Å². The first kappa shape index (κ1) is 19.9. The van der Waals surface area contributed by atoms with E-state index in [4.69, 9.17) is 11.6 Å². The summed E-state index contributed by atoms with van der Waals surface area (Å²) in [7, 11) is -3.60. The van der Waals surface area contributed by atoms with Gasteiger partial charge in [0, 0.05) is 23.8 Å². The third kappa shape index (κ3) is 4.51. The molecule has 2 aromatic carbocycles. The van der Waals surface area contributed by atoms with E-state index >= 15 is 0 Å². The van der Waals surface area contributed by atoms with Gasteiger partial charge in [-0.25, -0.2) is 8.42 Å². The number of piperidine rings is 1. The number of aryl methyl sites for hydroxylation is 2. The lowest BCUT2D eigenvalue weighted by molar-refractivity contribution is -0.120. The number of rotatable bonds is 4. The lowest BCUT2D eigenvalue weighted by atomic mass is 9.98. The standard InChI is InChI=1S/C20H23ClN2O3S/c1-14-5-8-18(9-6-14)27(25,26)23-11-3-4-16(13-23)20(24)22-19-10-7-17(21)12-15(19)2/h5-10,12,16H,3-4,11,13H2,1-2H3,(H,22,24)/t16-/m0/s1. The SMILES string of the molecule is Cc1ccc(S(=O)(=O)N2CCC[C@H](C(=O)Nc3ccc(Cl)cc3C)C2)cc1. The summed E-state index contributed by atoms with van der Waals surface area (Å²) in [6, 6.07) is 12.1. The summed E-state index contributed by atoms with van der Waals surface area (Å²) in [4.78, 5) is 13.0. The number of amides is 1. The Kier molecular flexibility index (Phi) is 5.89. The van der Waals surface area contributed by atoms with Crippen LogP contribution in [0.25, 0.3) is 0 Å². The van der Waals surface area contributed by atoms with Gasteiger partial charge in [-0.1, -0.05) is 29.3 Å². The fraction of sp³-hybridized carbons (Fsp3) is 0.350. The van der Waals surface area contributed by atoms with Crippen molar-refractivity contribution in [1.82, 2.24) is 4.31 Å². The molecular weight excluding hydrogens is 384 g/mol. The Labute approximate surface area is 165 Å². The zero-order chi connectivity index (χ0) is 19.6. The smallest absolute Gasteiger partial charge is 0.243 e. The lowest BCUT2D eigenvalue weighted by Gasteiger charge is -2.31. The summed E-state index contributed by atoms with van der Waals surface area (Å²) in [5, 5.41) is 3.52. The summed E-state index contributed by atoms with van der Waals surface area (Å²) < 4.78 is 27.2. The molecule has 1 fully saturated rings. The van der Waals surface area contributed by atoms with Crippen LogP contribution in [0.1, 0.15) is 24.0 Å². The van der Waals surface area contributed by atoms with Crippen LogP contribution >= 0.6 is 11.6 Å². The van der Waals surface area contributed by atoms with Crippen LogP contribution in [0.3, 0.4) is 0 Å². The van der Waals surface area contributed by atoms with Crippen LogP contribution in [0.4, 0.5) is 5.69 Å². The zero-order valence-electron chi connectivity index (χ0n) is 15.4. The summed E-state index contributed by atoms with van der Waals surface area (Å²) in [5.74, 6) is -0.543. The van der Waals surface area contributed by atoms with Crippen molar-refractivity contribution in [2.45, 2.75) is 31.6 Å². The fourth-order valence-electron chi connectivity index (χ4n) is 3.24. The van der Waals surface area contributed by atoms with Crippen molar-refractivity contribution in [3.05, 3.63) is 58.6 Å². The van der Waals surface area contributed by atoms with Gasteiger partial charge in [-0.2, -0.15) is 4.31 Å².